The number of amides is 1. The van der Waals surface area contributed by atoms with Gasteiger partial charge in [-0.05, 0) is 18.4 Å². The Kier molecular flexibility index (Phi) is 5.14. The molecule has 0 radical (unpaired) electrons. The van der Waals surface area contributed by atoms with E-state index in [1.807, 2.05) is 24.3 Å². The summed E-state index contributed by atoms with van der Waals surface area (Å²) in [5.74, 6) is -0.306. The van der Waals surface area contributed by atoms with Crippen LogP contribution < -0.4 is 10.6 Å². The molecule has 4 N–H and O–H groups in total. The molecule has 0 aliphatic heterocycles. The van der Waals surface area contributed by atoms with E-state index in [9.17, 15) is 9.90 Å². The van der Waals surface area contributed by atoms with E-state index in [2.05, 4.69) is 10.6 Å². The van der Waals surface area contributed by atoms with Crippen molar-refractivity contribution >= 4 is 16.7 Å². The van der Waals surface area contributed by atoms with Crippen LogP contribution in [0.5, 0.6) is 5.75 Å². The largest absolute Gasteiger partial charge is 0.506 e. The number of hydrogen-bond donors (Lipinski definition) is 4. The molecule has 2 aromatic carbocycles. The number of phenolic OH excluding ortho intramolecular Hbond substituents is 1. The lowest BCUT2D eigenvalue weighted by atomic mass is 10.0. The maximum absolute atomic E-state index is 12.1. The number of carbonyl (C=O) groups is 1. The normalized spacial score (nSPS) is 12.3. The Labute approximate surface area is 123 Å². The van der Waals surface area contributed by atoms with Gasteiger partial charge in [-0.25, -0.2) is 0 Å². The van der Waals surface area contributed by atoms with Crippen molar-refractivity contribution in [3.63, 3.8) is 0 Å². The van der Waals surface area contributed by atoms with Crippen molar-refractivity contribution in [3.05, 3.63) is 42.0 Å². The van der Waals surface area contributed by atoms with Crippen LogP contribution in [0.2, 0.25) is 0 Å². The summed E-state index contributed by atoms with van der Waals surface area (Å²) in [6.45, 7) is 3.17. The van der Waals surface area contributed by atoms with Gasteiger partial charge in [-0.15, -0.1) is 0 Å². The number of benzene rings is 2. The summed E-state index contributed by atoms with van der Waals surface area (Å²) in [7, 11) is 0. The van der Waals surface area contributed by atoms with Crippen LogP contribution in [0.25, 0.3) is 10.8 Å². The minimum absolute atomic E-state index is 0.00235. The second-order valence-electron chi connectivity index (χ2n) is 4.99. The molecule has 0 aliphatic rings. The molecule has 0 heterocycles. The van der Waals surface area contributed by atoms with Crippen molar-refractivity contribution < 1.29 is 15.0 Å². The van der Waals surface area contributed by atoms with Crippen LogP contribution in [-0.4, -0.2) is 41.9 Å². The van der Waals surface area contributed by atoms with Gasteiger partial charge >= 0.3 is 0 Å². The monoisotopic (exact) mass is 288 g/mol. The van der Waals surface area contributed by atoms with E-state index in [0.29, 0.717) is 25.0 Å². The Morgan fingerprint density at radius 1 is 1.19 bits per heavy atom. The Hall–Kier alpha value is -2.11. The van der Waals surface area contributed by atoms with Crippen LogP contribution in [-0.2, 0) is 0 Å². The maximum Gasteiger partial charge on any atom is 0.255 e. The summed E-state index contributed by atoms with van der Waals surface area (Å²) in [6.07, 6.45) is -0.412. The van der Waals surface area contributed by atoms with E-state index in [0.717, 1.165) is 5.39 Å². The first-order valence-electron chi connectivity index (χ1n) is 6.97. The molecule has 0 aliphatic carbocycles. The topological polar surface area (TPSA) is 81.6 Å². The molecule has 0 saturated heterocycles. The fraction of sp³-hybridized carbons (Fsp3) is 0.312. The molecule has 0 spiro atoms. The number of hydrogen-bond acceptors (Lipinski definition) is 4. The second-order valence-corrected chi connectivity index (χ2v) is 4.99. The molecule has 1 atom stereocenters. The van der Waals surface area contributed by atoms with E-state index in [4.69, 9.17) is 5.11 Å². The van der Waals surface area contributed by atoms with Gasteiger partial charge in [0, 0.05) is 25.0 Å². The Morgan fingerprint density at radius 2 is 1.95 bits per heavy atom. The van der Waals surface area contributed by atoms with Gasteiger partial charge in [-0.2, -0.15) is 0 Å². The Balaban J connectivity index is 1.98. The standard InChI is InChI=1S/C16H20N2O3/c1-11(19)10-17-8-9-18-16(21)14-7-6-12-4-2-3-5-13(12)15(14)20/h2-7,11,17,19-20H,8-10H2,1H3,(H,18,21). The summed E-state index contributed by atoms with van der Waals surface area (Å²) in [5, 5.41) is 26.6. The summed E-state index contributed by atoms with van der Waals surface area (Å²) >= 11 is 0. The zero-order valence-corrected chi connectivity index (χ0v) is 12.0. The third kappa shape index (κ3) is 3.93. The lowest BCUT2D eigenvalue weighted by molar-refractivity contribution is 0.0951. The quantitative estimate of drug-likeness (QED) is 0.603. The van der Waals surface area contributed by atoms with Gasteiger partial charge in [0.15, 0.2) is 0 Å². The number of phenols is 1. The molecule has 2 aromatic rings. The zero-order valence-electron chi connectivity index (χ0n) is 12.0. The summed E-state index contributed by atoms with van der Waals surface area (Å²) < 4.78 is 0. The third-order valence-corrected chi connectivity index (χ3v) is 3.17. The van der Waals surface area contributed by atoms with Crippen LogP contribution in [0, 0.1) is 0 Å². The predicted octanol–water partition coefficient (Wildman–Crippen LogP) is 1.25. The molecule has 112 valence electrons. The molecule has 21 heavy (non-hydrogen) atoms. The van der Waals surface area contributed by atoms with Crippen LogP contribution in [0.3, 0.4) is 0 Å². The highest BCUT2D eigenvalue weighted by molar-refractivity contribution is 6.03. The molecule has 5 nitrogen and oxygen atoms in total. The average Bonchev–Trinajstić information content (AvgIpc) is 2.47. The van der Waals surface area contributed by atoms with Gasteiger partial charge in [0.1, 0.15) is 5.75 Å². The van der Waals surface area contributed by atoms with E-state index >= 15 is 0 Å². The van der Waals surface area contributed by atoms with Crippen molar-refractivity contribution in [1.29, 1.82) is 0 Å². The fourth-order valence-corrected chi connectivity index (χ4v) is 2.11. The van der Waals surface area contributed by atoms with Crippen LogP contribution in [0.1, 0.15) is 17.3 Å². The predicted molar refractivity (Wildman–Crippen MR) is 82.5 cm³/mol. The lowest BCUT2D eigenvalue weighted by Crippen LogP contribution is -2.34. The van der Waals surface area contributed by atoms with Crippen LogP contribution in [0.4, 0.5) is 0 Å². The molecule has 0 saturated carbocycles. The minimum atomic E-state index is -0.412. The molecule has 0 fully saturated rings. The smallest absolute Gasteiger partial charge is 0.255 e. The van der Waals surface area contributed by atoms with Gasteiger partial charge in [0.25, 0.3) is 5.91 Å². The number of aliphatic hydroxyl groups excluding tert-OH is 1. The number of aliphatic hydroxyl groups is 1. The SMILES string of the molecule is CC(O)CNCCNC(=O)c1ccc2ccccc2c1O. The van der Waals surface area contributed by atoms with Gasteiger partial charge in [-0.3, -0.25) is 4.79 Å². The number of rotatable bonds is 6. The van der Waals surface area contributed by atoms with E-state index < -0.39 is 6.10 Å². The first-order valence-corrected chi connectivity index (χ1v) is 6.97. The highest BCUT2D eigenvalue weighted by Crippen LogP contribution is 2.28. The van der Waals surface area contributed by atoms with Crippen molar-refractivity contribution in [3.8, 4) is 5.75 Å². The first kappa shape index (κ1) is 15.3. The molecule has 1 unspecified atom stereocenters. The molecule has 1 amide bonds. The van der Waals surface area contributed by atoms with Crippen molar-refractivity contribution in [1.82, 2.24) is 10.6 Å². The van der Waals surface area contributed by atoms with Gasteiger partial charge < -0.3 is 20.8 Å². The molecule has 2 rings (SSSR count). The number of fused-ring (bicyclic) bond motifs is 1. The summed E-state index contributed by atoms with van der Waals surface area (Å²) in [6, 6.07) is 10.8. The van der Waals surface area contributed by atoms with E-state index in [1.165, 1.54) is 0 Å². The lowest BCUT2D eigenvalue weighted by Gasteiger charge is -2.10. The molecular formula is C16H20N2O3. The van der Waals surface area contributed by atoms with Gasteiger partial charge in [-0.1, -0.05) is 30.3 Å². The maximum atomic E-state index is 12.1. The van der Waals surface area contributed by atoms with Crippen molar-refractivity contribution in [2.24, 2.45) is 0 Å². The van der Waals surface area contributed by atoms with Crippen LogP contribution in [0.15, 0.2) is 36.4 Å². The second kappa shape index (κ2) is 7.06. The zero-order chi connectivity index (χ0) is 15.2. The third-order valence-electron chi connectivity index (χ3n) is 3.17. The Morgan fingerprint density at radius 3 is 2.71 bits per heavy atom. The number of aromatic hydroxyl groups is 1. The van der Waals surface area contributed by atoms with E-state index in [-0.39, 0.29) is 17.2 Å². The summed E-state index contributed by atoms with van der Waals surface area (Å²) in [4.78, 5) is 12.1. The average molecular weight is 288 g/mol. The van der Waals surface area contributed by atoms with Gasteiger partial charge in [0.2, 0.25) is 0 Å². The molecule has 0 aromatic heterocycles. The van der Waals surface area contributed by atoms with E-state index in [1.54, 1.807) is 19.1 Å². The molecule has 5 heteroatoms. The first-order chi connectivity index (χ1) is 10.1. The number of carbonyl (C=O) groups excluding carboxylic acids is 1. The minimum Gasteiger partial charge on any atom is -0.506 e. The highest BCUT2D eigenvalue weighted by atomic mass is 16.3. The van der Waals surface area contributed by atoms with Crippen LogP contribution >= 0.6 is 0 Å². The molecule has 0 bridgehead atoms. The van der Waals surface area contributed by atoms with Crippen molar-refractivity contribution in [2.75, 3.05) is 19.6 Å². The van der Waals surface area contributed by atoms with Crippen molar-refractivity contribution in [2.45, 2.75) is 13.0 Å². The molecular weight excluding hydrogens is 268 g/mol. The number of nitrogens with one attached hydrogen (secondary N) is 2. The Bertz CT molecular complexity index is 626. The summed E-state index contributed by atoms with van der Waals surface area (Å²) in [5.41, 5.74) is 0.268. The van der Waals surface area contributed by atoms with Gasteiger partial charge in [0.05, 0.1) is 11.7 Å². The fourth-order valence-electron chi connectivity index (χ4n) is 2.11. The highest BCUT2D eigenvalue weighted by Gasteiger charge is 2.12.